The highest BCUT2D eigenvalue weighted by molar-refractivity contribution is 7.98. The first-order valence-electron chi connectivity index (χ1n) is 9.49. The van der Waals surface area contributed by atoms with Crippen LogP contribution in [0.15, 0.2) is 52.3 Å². The third kappa shape index (κ3) is 4.85. The molecule has 0 atom stereocenters. The summed E-state index contributed by atoms with van der Waals surface area (Å²) >= 11 is 3.11. The van der Waals surface area contributed by atoms with E-state index >= 15 is 0 Å². The lowest BCUT2D eigenvalue weighted by molar-refractivity contribution is 0.0985. The van der Waals surface area contributed by atoms with Gasteiger partial charge in [0.25, 0.3) is 5.91 Å². The van der Waals surface area contributed by atoms with Crippen LogP contribution in [-0.4, -0.2) is 63.4 Å². The quantitative estimate of drug-likeness (QED) is 0.470. The second-order valence-corrected chi connectivity index (χ2v) is 11.1. The average molecular weight is 464 g/mol. The second kappa shape index (κ2) is 9.47. The number of hydrogen-bond acceptors (Lipinski definition) is 7. The first-order chi connectivity index (χ1) is 14.3. The molecule has 1 heterocycles. The molecule has 3 rings (SSSR count). The Hall–Kier alpha value is -1.94. The Morgan fingerprint density at radius 1 is 1.10 bits per heavy atom. The van der Waals surface area contributed by atoms with E-state index < -0.39 is 9.84 Å². The minimum Gasteiger partial charge on any atom is -0.308 e. The van der Waals surface area contributed by atoms with E-state index in [9.17, 15) is 13.2 Å². The van der Waals surface area contributed by atoms with Crippen molar-refractivity contribution in [3.8, 4) is 0 Å². The van der Waals surface area contributed by atoms with Crippen LogP contribution in [0, 0.1) is 0 Å². The Labute approximate surface area is 185 Å². The van der Waals surface area contributed by atoms with E-state index in [1.807, 2.05) is 43.5 Å². The maximum atomic E-state index is 13.3. The maximum Gasteiger partial charge on any atom is 0.260 e. The molecule has 0 unspecified atom stereocenters. The minimum absolute atomic E-state index is 0.0265. The van der Waals surface area contributed by atoms with Gasteiger partial charge in [-0.1, -0.05) is 24.3 Å². The Balaban J connectivity index is 1.98. The van der Waals surface area contributed by atoms with Crippen molar-refractivity contribution in [2.75, 3.05) is 44.1 Å². The summed E-state index contributed by atoms with van der Waals surface area (Å²) in [6.07, 6.45) is 2.01. The number of amides is 1. The summed E-state index contributed by atoms with van der Waals surface area (Å²) in [6, 6.07) is 12.2. The molecule has 0 aliphatic rings. The van der Waals surface area contributed by atoms with Gasteiger partial charge in [0.15, 0.2) is 15.0 Å². The summed E-state index contributed by atoms with van der Waals surface area (Å²) in [5.74, 6) is -0.166. The average Bonchev–Trinajstić information content (AvgIpc) is 3.17. The van der Waals surface area contributed by atoms with Crippen LogP contribution in [0.25, 0.3) is 10.2 Å². The van der Waals surface area contributed by atoms with Crippen LogP contribution in [0.4, 0.5) is 5.13 Å². The van der Waals surface area contributed by atoms with E-state index in [-0.39, 0.29) is 16.6 Å². The molecule has 6 nitrogen and oxygen atoms in total. The van der Waals surface area contributed by atoms with Gasteiger partial charge in [0.2, 0.25) is 0 Å². The molecule has 2 aromatic carbocycles. The maximum absolute atomic E-state index is 13.3. The highest BCUT2D eigenvalue weighted by Gasteiger charge is 2.23. The van der Waals surface area contributed by atoms with Crippen LogP contribution >= 0.6 is 23.1 Å². The van der Waals surface area contributed by atoms with Gasteiger partial charge in [-0.2, -0.15) is 0 Å². The zero-order chi connectivity index (χ0) is 21.9. The van der Waals surface area contributed by atoms with Gasteiger partial charge in [0.05, 0.1) is 20.9 Å². The van der Waals surface area contributed by atoms with Crippen LogP contribution in [0.2, 0.25) is 0 Å². The fourth-order valence-electron chi connectivity index (χ4n) is 2.90. The fraction of sp³-hybridized carbons (Fsp3) is 0.333. The molecule has 0 aliphatic heterocycles. The molecule has 0 radical (unpaired) electrons. The number of aromatic nitrogens is 1. The number of fused-ring (bicyclic) bond motifs is 1. The van der Waals surface area contributed by atoms with Gasteiger partial charge >= 0.3 is 0 Å². The van der Waals surface area contributed by atoms with Crippen molar-refractivity contribution in [2.45, 2.75) is 16.7 Å². The van der Waals surface area contributed by atoms with Gasteiger partial charge in [-0.25, -0.2) is 13.4 Å². The Morgan fingerprint density at radius 3 is 2.40 bits per heavy atom. The molecule has 0 bridgehead atoms. The topological polar surface area (TPSA) is 70.6 Å². The number of nitrogens with zero attached hydrogens (tertiary/aromatic N) is 3. The minimum atomic E-state index is -3.30. The number of para-hydroxylation sites is 1. The molecule has 0 aliphatic carbocycles. The number of carbonyl (C=O) groups excluding carboxylic acids is 1. The lowest BCUT2D eigenvalue weighted by atomic mass is 10.2. The van der Waals surface area contributed by atoms with Crippen molar-refractivity contribution in [2.24, 2.45) is 0 Å². The lowest BCUT2D eigenvalue weighted by Gasteiger charge is -2.22. The van der Waals surface area contributed by atoms with E-state index in [4.69, 9.17) is 4.98 Å². The molecule has 0 fully saturated rings. The molecule has 1 amide bonds. The third-order valence-corrected chi connectivity index (χ3v) is 8.24. The normalized spacial score (nSPS) is 11.9. The molecule has 0 N–H and O–H groups in total. The summed E-state index contributed by atoms with van der Waals surface area (Å²) in [6.45, 7) is 2.77. The van der Waals surface area contributed by atoms with E-state index in [0.717, 1.165) is 15.1 Å². The van der Waals surface area contributed by atoms with Gasteiger partial charge in [-0.05, 0) is 56.7 Å². The molecule has 3 aromatic rings. The molecule has 160 valence electrons. The first kappa shape index (κ1) is 22.7. The second-order valence-electron chi connectivity index (χ2n) is 6.99. The van der Waals surface area contributed by atoms with Gasteiger partial charge in [0, 0.05) is 23.5 Å². The van der Waals surface area contributed by atoms with E-state index in [1.165, 1.54) is 23.5 Å². The van der Waals surface area contributed by atoms with E-state index in [2.05, 4.69) is 0 Å². The fourth-order valence-corrected chi connectivity index (χ4v) is 5.43. The van der Waals surface area contributed by atoms with Crippen LogP contribution in [-0.2, 0) is 9.84 Å². The molecule has 30 heavy (non-hydrogen) atoms. The van der Waals surface area contributed by atoms with Crippen molar-refractivity contribution in [3.05, 3.63) is 48.0 Å². The number of sulfone groups is 1. The van der Waals surface area contributed by atoms with Gasteiger partial charge in [-0.3, -0.25) is 9.69 Å². The van der Waals surface area contributed by atoms with E-state index in [1.54, 1.807) is 35.7 Å². The summed E-state index contributed by atoms with van der Waals surface area (Å²) in [5.41, 5.74) is 1.34. The summed E-state index contributed by atoms with van der Waals surface area (Å²) in [4.78, 5) is 23.1. The third-order valence-electron chi connectivity index (χ3n) is 4.68. The molecule has 0 saturated heterocycles. The number of thiazole rings is 1. The predicted octanol–water partition coefficient (Wildman–Crippen LogP) is 4.02. The molecule has 9 heteroatoms. The van der Waals surface area contributed by atoms with Crippen LogP contribution < -0.4 is 4.90 Å². The number of hydrogen-bond donors (Lipinski definition) is 0. The Morgan fingerprint density at radius 2 is 1.80 bits per heavy atom. The van der Waals surface area contributed by atoms with Crippen LogP contribution in [0.1, 0.15) is 17.3 Å². The van der Waals surface area contributed by atoms with Crippen molar-refractivity contribution in [1.82, 2.24) is 9.88 Å². The first-order valence-corrected chi connectivity index (χ1v) is 13.2. The number of thioether (sulfide) groups is 1. The predicted molar refractivity (Wildman–Crippen MR) is 126 cm³/mol. The van der Waals surface area contributed by atoms with Crippen molar-refractivity contribution in [1.29, 1.82) is 0 Å². The van der Waals surface area contributed by atoms with Crippen LogP contribution in [0.5, 0.6) is 0 Å². The number of likely N-dealkylation sites (N-methyl/N-ethyl adjacent to an activating group) is 1. The largest absolute Gasteiger partial charge is 0.308 e. The van der Waals surface area contributed by atoms with Crippen molar-refractivity contribution in [3.63, 3.8) is 0 Å². The van der Waals surface area contributed by atoms with Crippen molar-refractivity contribution < 1.29 is 13.2 Å². The van der Waals surface area contributed by atoms with Crippen molar-refractivity contribution >= 4 is 54.2 Å². The summed E-state index contributed by atoms with van der Waals surface area (Å²) in [7, 11) is 0.607. The summed E-state index contributed by atoms with van der Waals surface area (Å²) in [5, 5.41) is 0.642. The highest BCUT2D eigenvalue weighted by atomic mass is 32.2. The smallest absolute Gasteiger partial charge is 0.260 e. The standard InChI is InChI=1S/C21H25N3O3S3/c1-5-30(26,27)16-11-9-15(10-12-16)20(25)24(14-13-23(2)3)21-22-19-17(28-4)7-6-8-18(19)29-21/h6-12H,5,13-14H2,1-4H3. The van der Waals surface area contributed by atoms with Gasteiger partial charge in [-0.15, -0.1) is 11.8 Å². The van der Waals surface area contributed by atoms with Gasteiger partial charge < -0.3 is 4.90 Å². The number of carbonyl (C=O) groups is 1. The molecule has 1 aromatic heterocycles. The zero-order valence-electron chi connectivity index (χ0n) is 17.5. The SMILES string of the molecule is CCS(=O)(=O)c1ccc(C(=O)N(CCN(C)C)c2nc3c(SC)cccc3s2)cc1. The monoisotopic (exact) mass is 463 g/mol. The zero-order valence-corrected chi connectivity index (χ0v) is 19.9. The Bertz CT molecular complexity index is 1140. The van der Waals surface area contributed by atoms with E-state index in [0.29, 0.717) is 23.8 Å². The Kier molecular flexibility index (Phi) is 7.18. The van der Waals surface area contributed by atoms with Gasteiger partial charge in [0.1, 0.15) is 0 Å². The molecule has 0 spiro atoms. The molecule has 0 saturated carbocycles. The number of benzene rings is 2. The summed E-state index contributed by atoms with van der Waals surface area (Å²) < 4.78 is 25.2. The molecular formula is C21H25N3O3S3. The molecular weight excluding hydrogens is 438 g/mol. The number of anilines is 1. The number of rotatable bonds is 8. The van der Waals surface area contributed by atoms with Crippen LogP contribution in [0.3, 0.4) is 0 Å². The lowest BCUT2D eigenvalue weighted by Crippen LogP contribution is -2.36. The highest BCUT2D eigenvalue weighted by Crippen LogP contribution is 2.34.